The lowest BCUT2D eigenvalue weighted by Gasteiger charge is -2.18. The maximum Gasteiger partial charge on any atom is 0.163 e. The Kier molecular flexibility index (Phi) is 4.96. The standard InChI is InChI=1S/C20H26N6O/c1-13(2)15-10-23-26-19(22-9-14-6-4-3-5-7-14)8-18(25-20(15)26)24-16-11-21-12-17(16)27/h3-8,10,13,16-17,21-22,27H,9,11-12H2,1-2H3,(H,24,25)/t16-,17+/m0/s1. The molecule has 7 heteroatoms. The number of aromatic nitrogens is 3. The highest BCUT2D eigenvalue weighted by molar-refractivity contribution is 5.61. The number of fused-ring (bicyclic) bond motifs is 1. The second-order valence-corrected chi connectivity index (χ2v) is 7.33. The van der Waals surface area contributed by atoms with Gasteiger partial charge in [-0.2, -0.15) is 9.61 Å². The van der Waals surface area contributed by atoms with Crippen molar-refractivity contribution in [3.05, 3.63) is 53.7 Å². The molecule has 2 aromatic heterocycles. The first-order valence-corrected chi connectivity index (χ1v) is 9.43. The van der Waals surface area contributed by atoms with Crippen LogP contribution in [0.2, 0.25) is 0 Å². The van der Waals surface area contributed by atoms with E-state index in [1.807, 2.05) is 35.0 Å². The van der Waals surface area contributed by atoms with Gasteiger partial charge in [0.05, 0.1) is 18.3 Å². The van der Waals surface area contributed by atoms with Crippen molar-refractivity contribution in [2.24, 2.45) is 0 Å². The molecule has 2 atom stereocenters. The number of nitrogens with zero attached hydrogens (tertiary/aromatic N) is 3. The van der Waals surface area contributed by atoms with Crippen molar-refractivity contribution in [3.63, 3.8) is 0 Å². The van der Waals surface area contributed by atoms with Crippen molar-refractivity contribution in [1.82, 2.24) is 19.9 Å². The lowest BCUT2D eigenvalue weighted by Crippen LogP contribution is -2.32. The first-order valence-electron chi connectivity index (χ1n) is 9.43. The smallest absolute Gasteiger partial charge is 0.163 e. The molecule has 1 aliphatic rings. The molecule has 0 aliphatic carbocycles. The summed E-state index contributed by atoms with van der Waals surface area (Å²) in [4.78, 5) is 4.78. The van der Waals surface area contributed by atoms with Gasteiger partial charge in [0, 0.05) is 31.3 Å². The molecule has 0 bridgehead atoms. The van der Waals surface area contributed by atoms with Crippen LogP contribution in [0.4, 0.5) is 11.6 Å². The van der Waals surface area contributed by atoms with Crippen LogP contribution >= 0.6 is 0 Å². The lowest BCUT2D eigenvalue weighted by molar-refractivity contribution is 0.185. The SMILES string of the molecule is CC(C)c1cnn2c(NCc3ccccc3)cc(N[C@H]3CNC[C@H]3O)nc12. The number of aliphatic hydroxyl groups excluding tert-OH is 1. The topological polar surface area (TPSA) is 86.5 Å². The predicted molar refractivity (Wildman–Crippen MR) is 107 cm³/mol. The Bertz CT molecular complexity index is 907. The zero-order valence-corrected chi connectivity index (χ0v) is 15.7. The molecule has 0 spiro atoms. The van der Waals surface area contributed by atoms with Gasteiger partial charge >= 0.3 is 0 Å². The number of rotatable bonds is 6. The van der Waals surface area contributed by atoms with Gasteiger partial charge in [-0.05, 0) is 11.5 Å². The van der Waals surface area contributed by atoms with Crippen LogP contribution < -0.4 is 16.0 Å². The highest BCUT2D eigenvalue weighted by Gasteiger charge is 2.25. The first kappa shape index (κ1) is 17.8. The van der Waals surface area contributed by atoms with Crippen LogP contribution in [0, 0.1) is 0 Å². The summed E-state index contributed by atoms with van der Waals surface area (Å²) >= 11 is 0. The summed E-state index contributed by atoms with van der Waals surface area (Å²) in [5.74, 6) is 1.94. The normalized spacial score (nSPS) is 19.7. The van der Waals surface area contributed by atoms with Gasteiger partial charge in [0.15, 0.2) is 5.65 Å². The molecule has 1 saturated heterocycles. The van der Waals surface area contributed by atoms with Gasteiger partial charge in [0.1, 0.15) is 11.6 Å². The van der Waals surface area contributed by atoms with Gasteiger partial charge in [-0.3, -0.25) is 0 Å². The number of hydrogen-bond acceptors (Lipinski definition) is 6. The van der Waals surface area contributed by atoms with Gasteiger partial charge < -0.3 is 21.1 Å². The molecule has 142 valence electrons. The zero-order chi connectivity index (χ0) is 18.8. The van der Waals surface area contributed by atoms with Crippen molar-refractivity contribution in [1.29, 1.82) is 0 Å². The Hall–Kier alpha value is -2.64. The van der Waals surface area contributed by atoms with Crippen molar-refractivity contribution >= 4 is 17.3 Å². The fraction of sp³-hybridized carbons (Fsp3) is 0.400. The second kappa shape index (κ2) is 7.54. The van der Waals surface area contributed by atoms with Gasteiger partial charge in [0.2, 0.25) is 0 Å². The Labute approximate surface area is 158 Å². The molecule has 1 aromatic carbocycles. The van der Waals surface area contributed by atoms with E-state index < -0.39 is 6.10 Å². The second-order valence-electron chi connectivity index (χ2n) is 7.33. The molecule has 1 fully saturated rings. The van der Waals surface area contributed by atoms with E-state index in [4.69, 9.17) is 4.98 Å². The van der Waals surface area contributed by atoms with Gasteiger partial charge in [-0.25, -0.2) is 4.98 Å². The van der Waals surface area contributed by atoms with Crippen LogP contribution in [-0.2, 0) is 6.54 Å². The summed E-state index contributed by atoms with van der Waals surface area (Å²) in [5, 5.41) is 24.7. The first-order chi connectivity index (χ1) is 13.1. The summed E-state index contributed by atoms with van der Waals surface area (Å²) in [6, 6.07) is 12.2. The summed E-state index contributed by atoms with van der Waals surface area (Å²) in [6.07, 6.45) is 1.47. The molecule has 0 radical (unpaired) electrons. The zero-order valence-electron chi connectivity index (χ0n) is 15.7. The van der Waals surface area contributed by atoms with E-state index in [1.165, 1.54) is 5.56 Å². The molecule has 4 rings (SSSR count). The van der Waals surface area contributed by atoms with E-state index >= 15 is 0 Å². The minimum Gasteiger partial charge on any atom is -0.390 e. The molecule has 4 N–H and O–H groups in total. The van der Waals surface area contributed by atoms with Crippen LogP contribution in [0.1, 0.15) is 30.9 Å². The van der Waals surface area contributed by atoms with E-state index in [-0.39, 0.29) is 6.04 Å². The number of nitrogens with one attached hydrogen (secondary N) is 3. The highest BCUT2D eigenvalue weighted by atomic mass is 16.3. The van der Waals surface area contributed by atoms with E-state index in [1.54, 1.807) is 0 Å². The Morgan fingerprint density at radius 2 is 2.07 bits per heavy atom. The Morgan fingerprint density at radius 3 is 2.78 bits per heavy atom. The molecular weight excluding hydrogens is 340 g/mol. The van der Waals surface area contributed by atoms with E-state index in [0.29, 0.717) is 19.0 Å². The molecule has 3 aromatic rings. The number of benzene rings is 1. The molecule has 3 heterocycles. The fourth-order valence-electron chi connectivity index (χ4n) is 3.38. The summed E-state index contributed by atoms with van der Waals surface area (Å²) in [7, 11) is 0. The summed E-state index contributed by atoms with van der Waals surface area (Å²) < 4.78 is 1.85. The molecule has 27 heavy (non-hydrogen) atoms. The van der Waals surface area contributed by atoms with Crippen LogP contribution in [0.25, 0.3) is 5.65 Å². The van der Waals surface area contributed by atoms with E-state index in [9.17, 15) is 5.11 Å². The van der Waals surface area contributed by atoms with Gasteiger partial charge in [-0.15, -0.1) is 0 Å². The van der Waals surface area contributed by atoms with Crippen LogP contribution in [0.5, 0.6) is 0 Å². The quantitative estimate of drug-likeness (QED) is 0.535. The van der Waals surface area contributed by atoms with E-state index in [2.05, 4.69) is 47.0 Å². The molecule has 0 unspecified atom stereocenters. The predicted octanol–water partition coefficient (Wildman–Crippen LogP) is 2.21. The summed E-state index contributed by atoms with van der Waals surface area (Å²) in [5.41, 5.74) is 3.14. The van der Waals surface area contributed by atoms with Crippen molar-refractivity contribution in [2.45, 2.75) is 38.5 Å². The average molecular weight is 366 g/mol. The molecule has 7 nitrogen and oxygen atoms in total. The van der Waals surface area contributed by atoms with Gasteiger partial charge in [-0.1, -0.05) is 44.2 Å². The monoisotopic (exact) mass is 366 g/mol. The van der Waals surface area contributed by atoms with E-state index in [0.717, 1.165) is 29.4 Å². The van der Waals surface area contributed by atoms with Crippen molar-refractivity contribution in [3.8, 4) is 0 Å². The molecule has 0 saturated carbocycles. The third kappa shape index (κ3) is 3.74. The number of hydrogen-bond donors (Lipinski definition) is 4. The maximum atomic E-state index is 10.1. The highest BCUT2D eigenvalue weighted by Crippen LogP contribution is 2.25. The largest absolute Gasteiger partial charge is 0.390 e. The van der Waals surface area contributed by atoms with Gasteiger partial charge in [0.25, 0.3) is 0 Å². The number of β-amino-alcohol motifs (C(OH)–C–C–N with tert-alkyl or cyclic N) is 1. The maximum absolute atomic E-state index is 10.1. The van der Waals surface area contributed by atoms with Crippen LogP contribution in [-0.4, -0.2) is 44.9 Å². The Morgan fingerprint density at radius 1 is 1.26 bits per heavy atom. The fourth-order valence-corrected chi connectivity index (χ4v) is 3.38. The molecule has 0 amide bonds. The average Bonchev–Trinajstić information content (AvgIpc) is 3.27. The molecular formula is C20H26N6O. The summed E-state index contributed by atoms with van der Waals surface area (Å²) in [6.45, 7) is 6.30. The Balaban J connectivity index is 1.67. The third-order valence-electron chi connectivity index (χ3n) is 4.95. The van der Waals surface area contributed by atoms with Crippen molar-refractivity contribution in [2.75, 3.05) is 23.7 Å². The number of anilines is 2. The number of aliphatic hydroxyl groups is 1. The van der Waals surface area contributed by atoms with Crippen molar-refractivity contribution < 1.29 is 5.11 Å². The van der Waals surface area contributed by atoms with Crippen LogP contribution in [0.15, 0.2) is 42.6 Å². The van der Waals surface area contributed by atoms with Crippen LogP contribution in [0.3, 0.4) is 0 Å². The third-order valence-corrected chi connectivity index (χ3v) is 4.95. The lowest BCUT2D eigenvalue weighted by atomic mass is 10.1. The minimum absolute atomic E-state index is 0.0488. The molecule has 1 aliphatic heterocycles. The minimum atomic E-state index is -0.418.